The Morgan fingerprint density at radius 1 is 0.408 bits per heavy atom. The predicted octanol–water partition coefficient (Wildman–Crippen LogP) is 19.2. The molecule has 2 saturated carbocycles. The molecule has 2 fully saturated rings. The Labute approximate surface area is 447 Å². The molecule has 9 aromatic carbocycles. The minimum absolute atomic E-state index is 0.186. The van der Waals surface area contributed by atoms with Crippen molar-refractivity contribution in [1.82, 2.24) is 14.5 Å². The first-order chi connectivity index (χ1) is 37.6. The number of phenols is 1. The fourth-order valence-electron chi connectivity index (χ4n) is 12.4. The number of imidazole rings is 1. The van der Waals surface area contributed by atoms with Crippen molar-refractivity contribution >= 4 is 11.0 Å². The molecule has 2 heterocycles. The minimum atomic E-state index is 0.186. The van der Waals surface area contributed by atoms with E-state index in [2.05, 4.69) is 205 Å². The average molecular weight is 984 g/mol. The van der Waals surface area contributed by atoms with E-state index in [-0.39, 0.29) is 5.75 Å². The van der Waals surface area contributed by atoms with Gasteiger partial charge in [0.15, 0.2) is 0 Å². The van der Waals surface area contributed by atoms with Gasteiger partial charge in [-0.15, -0.1) is 0 Å². The van der Waals surface area contributed by atoms with E-state index in [1.807, 2.05) is 30.5 Å². The molecule has 4 nitrogen and oxygen atoms in total. The summed E-state index contributed by atoms with van der Waals surface area (Å²) in [7, 11) is 0. The van der Waals surface area contributed by atoms with Crippen LogP contribution in [0.4, 0.5) is 0 Å². The summed E-state index contributed by atoms with van der Waals surface area (Å²) in [5.74, 6) is 2.21. The molecule has 0 radical (unpaired) electrons. The zero-order chi connectivity index (χ0) is 50.8. The zero-order valence-electron chi connectivity index (χ0n) is 43.0. The van der Waals surface area contributed by atoms with Gasteiger partial charge in [0, 0.05) is 28.5 Å². The van der Waals surface area contributed by atoms with Crippen molar-refractivity contribution in [2.24, 2.45) is 5.92 Å². The first kappa shape index (κ1) is 47.1. The number of phenolic OH excluding ortho intramolecular Hbond substituents is 1. The van der Waals surface area contributed by atoms with Crippen LogP contribution in [0.5, 0.6) is 5.75 Å². The highest BCUT2D eigenvalue weighted by molar-refractivity contribution is 5.99. The first-order valence-electron chi connectivity index (χ1n) is 27.5. The summed E-state index contributed by atoms with van der Waals surface area (Å²) in [5, 5.41) is 12.9. The van der Waals surface area contributed by atoms with Gasteiger partial charge in [-0.3, -0.25) is 9.55 Å². The van der Waals surface area contributed by atoms with Crippen molar-refractivity contribution in [3.63, 3.8) is 0 Å². The number of pyridine rings is 1. The summed E-state index contributed by atoms with van der Waals surface area (Å²) in [5.41, 5.74) is 20.8. The number of rotatable bonds is 12. The maximum absolute atomic E-state index is 12.9. The topological polar surface area (TPSA) is 50.9 Å². The Kier molecular flexibility index (Phi) is 13.0. The van der Waals surface area contributed by atoms with Crippen molar-refractivity contribution in [2.75, 3.05) is 0 Å². The third-order valence-corrected chi connectivity index (χ3v) is 16.3. The van der Waals surface area contributed by atoms with Gasteiger partial charge in [-0.1, -0.05) is 209 Å². The second-order valence-electron chi connectivity index (χ2n) is 21.2. The van der Waals surface area contributed by atoms with Gasteiger partial charge in [-0.2, -0.15) is 0 Å². The molecule has 370 valence electrons. The lowest BCUT2D eigenvalue weighted by Gasteiger charge is -2.22. The number of hydrogen-bond acceptors (Lipinski definition) is 3. The fraction of sp³-hybridized carbons (Fsp3) is 0.167. The van der Waals surface area contributed by atoms with Crippen LogP contribution in [0.15, 0.2) is 231 Å². The van der Waals surface area contributed by atoms with E-state index >= 15 is 0 Å². The van der Waals surface area contributed by atoms with Gasteiger partial charge in [0.1, 0.15) is 11.6 Å². The van der Waals surface area contributed by atoms with E-state index in [1.54, 1.807) is 0 Å². The van der Waals surface area contributed by atoms with Crippen LogP contribution < -0.4 is 0 Å². The first-order valence-corrected chi connectivity index (χ1v) is 27.5. The molecule has 4 heteroatoms. The Balaban J connectivity index is 1.03. The number of aromatic nitrogens is 3. The third kappa shape index (κ3) is 9.45. The summed E-state index contributed by atoms with van der Waals surface area (Å²) in [6.07, 6.45) is 14.8. The van der Waals surface area contributed by atoms with Crippen molar-refractivity contribution in [1.29, 1.82) is 0 Å². The fourth-order valence-corrected chi connectivity index (χ4v) is 12.4. The molecule has 76 heavy (non-hydrogen) atoms. The highest BCUT2D eigenvalue weighted by Gasteiger charge is 2.26. The quantitative estimate of drug-likeness (QED) is 0.133. The molecule has 0 atom stereocenters. The zero-order valence-corrected chi connectivity index (χ0v) is 43.0. The molecule has 0 bridgehead atoms. The second-order valence-corrected chi connectivity index (χ2v) is 21.2. The SMILES string of the molecule is Oc1c(-c2ccccc2)cc(-c2ccccc2)cc1-c1nc2c(-c3cc(-c4ccccc4)cc(-c4cc(-c5ccc(C6CCCCC6)cc5)ccn4)c3)cccc2n1-c1ccc(CC2CCCC2)cc1-c1ccccc1. The molecule has 0 amide bonds. The summed E-state index contributed by atoms with van der Waals surface area (Å²) < 4.78 is 2.31. The lowest BCUT2D eigenvalue weighted by Crippen LogP contribution is -2.04. The number of nitrogens with zero attached hydrogens (tertiary/aromatic N) is 3. The van der Waals surface area contributed by atoms with Gasteiger partial charge in [0.25, 0.3) is 0 Å². The molecule has 0 saturated heterocycles. The largest absolute Gasteiger partial charge is 0.507 e. The lowest BCUT2D eigenvalue weighted by atomic mass is 9.84. The van der Waals surface area contributed by atoms with Gasteiger partial charge in [-0.25, -0.2) is 4.98 Å². The van der Waals surface area contributed by atoms with Crippen LogP contribution >= 0.6 is 0 Å². The van der Waals surface area contributed by atoms with Gasteiger partial charge < -0.3 is 5.11 Å². The smallest absolute Gasteiger partial charge is 0.149 e. The number of aromatic hydroxyl groups is 1. The molecule has 2 aliphatic carbocycles. The van der Waals surface area contributed by atoms with E-state index in [0.29, 0.717) is 23.2 Å². The molecule has 0 unspecified atom stereocenters. The van der Waals surface area contributed by atoms with Gasteiger partial charge in [-0.05, 0) is 153 Å². The summed E-state index contributed by atoms with van der Waals surface area (Å²) >= 11 is 0. The minimum Gasteiger partial charge on any atom is -0.507 e. The Hall–Kier alpha value is -8.60. The van der Waals surface area contributed by atoms with Crippen LogP contribution in [0.25, 0.3) is 106 Å². The van der Waals surface area contributed by atoms with Gasteiger partial charge in [0.05, 0.1) is 28.0 Å². The summed E-state index contributed by atoms with van der Waals surface area (Å²) in [4.78, 5) is 10.9. The normalized spacial score (nSPS) is 14.1. The molecule has 0 aliphatic heterocycles. The van der Waals surface area contributed by atoms with E-state index in [4.69, 9.17) is 9.97 Å². The Morgan fingerprint density at radius 2 is 0.987 bits per heavy atom. The van der Waals surface area contributed by atoms with E-state index in [0.717, 1.165) is 95.6 Å². The summed E-state index contributed by atoms with van der Waals surface area (Å²) in [6.45, 7) is 0. The van der Waals surface area contributed by atoms with E-state index in [9.17, 15) is 5.11 Å². The molecule has 13 rings (SSSR count). The molecule has 2 aromatic heterocycles. The maximum Gasteiger partial charge on any atom is 0.149 e. The summed E-state index contributed by atoms with van der Waals surface area (Å²) in [6, 6.07) is 80.5. The number of fused-ring (bicyclic) bond motifs is 1. The van der Waals surface area contributed by atoms with E-state index in [1.165, 1.54) is 74.5 Å². The van der Waals surface area contributed by atoms with E-state index < -0.39 is 0 Å². The number of para-hydroxylation sites is 1. The molecule has 1 N–H and O–H groups in total. The number of benzene rings is 9. The van der Waals surface area contributed by atoms with Crippen LogP contribution in [0.2, 0.25) is 0 Å². The standard InChI is InChI=1S/C72H61N3O/c76-71-65(57-29-14-5-15-30-57)46-60(53-25-10-3-11-26-53)47-66(71)72-74-70-63(31-18-32-69(70)75(72)68-38-33-50(41-49-19-16-17-20-49)42-64(68)56-27-12-4-13-28-56)61-43-59(52-23-8-2-9-24-52)44-62(45-61)67-48-58(39-40-73-67)55-36-34-54(35-37-55)51-21-6-1-7-22-51/h2-5,8-15,18,23-40,42-49,51,76H,1,6-7,16-17,19-22,41H2. The highest BCUT2D eigenvalue weighted by Crippen LogP contribution is 2.46. The molecule has 0 spiro atoms. The van der Waals surface area contributed by atoms with Crippen LogP contribution in [0.1, 0.15) is 74.8 Å². The van der Waals surface area contributed by atoms with Crippen LogP contribution in [-0.2, 0) is 6.42 Å². The van der Waals surface area contributed by atoms with Crippen molar-refractivity contribution < 1.29 is 5.11 Å². The molecule has 2 aliphatic rings. The third-order valence-electron chi connectivity index (χ3n) is 16.3. The monoisotopic (exact) mass is 983 g/mol. The van der Waals surface area contributed by atoms with Crippen molar-refractivity contribution in [3.05, 3.63) is 242 Å². The van der Waals surface area contributed by atoms with Crippen molar-refractivity contribution in [3.8, 4) is 101 Å². The van der Waals surface area contributed by atoms with Crippen LogP contribution in [0.3, 0.4) is 0 Å². The van der Waals surface area contributed by atoms with Gasteiger partial charge >= 0.3 is 0 Å². The second kappa shape index (κ2) is 21.0. The van der Waals surface area contributed by atoms with Crippen molar-refractivity contribution in [2.45, 2.75) is 70.1 Å². The predicted molar refractivity (Wildman–Crippen MR) is 316 cm³/mol. The van der Waals surface area contributed by atoms with Crippen LogP contribution in [-0.4, -0.2) is 19.6 Å². The highest BCUT2D eigenvalue weighted by atomic mass is 16.3. The molecular weight excluding hydrogens is 923 g/mol. The van der Waals surface area contributed by atoms with Crippen LogP contribution in [0, 0.1) is 5.92 Å². The molecular formula is C72H61N3O. The lowest BCUT2D eigenvalue weighted by molar-refractivity contribution is 0.443. The average Bonchev–Trinajstić information content (AvgIpc) is 4.21. The Bertz CT molecular complexity index is 3810. The maximum atomic E-state index is 12.9. The Morgan fingerprint density at radius 3 is 1.67 bits per heavy atom. The van der Waals surface area contributed by atoms with Gasteiger partial charge in [0.2, 0.25) is 0 Å². The number of hydrogen-bond donors (Lipinski definition) is 1. The molecule has 11 aromatic rings.